The molecular weight excluding hydrogens is 547 g/mol. The van der Waals surface area contributed by atoms with E-state index in [0.717, 1.165) is 55.5 Å². The third-order valence-electron chi connectivity index (χ3n) is 8.15. The molecule has 2 amide bonds. The molecule has 2 aliphatic heterocycles. The summed E-state index contributed by atoms with van der Waals surface area (Å²) in [4.78, 5) is 35.7. The first-order valence-electron chi connectivity index (χ1n) is 14.5. The minimum Gasteiger partial charge on any atom is -0.339 e. The lowest BCUT2D eigenvalue weighted by Gasteiger charge is -2.34. The van der Waals surface area contributed by atoms with Crippen LogP contribution in [0.2, 0.25) is 0 Å². The summed E-state index contributed by atoms with van der Waals surface area (Å²) in [5.74, 6) is 0.808. The lowest BCUT2D eigenvalue weighted by Crippen LogP contribution is -2.49. The van der Waals surface area contributed by atoms with Crippen LogP contribution in [0, 0.1) is 5.92 Å². The first kappa shape index (κ1) is 28.2. The van der Waals surface area contributed by atoms with Gasteiger partial charge in [0.05, 0.1) is 6.42 Å². The second kappa shape index (κ2) is 11.7. The van der Waals surface area contributed by atoms with E-state index in [0.29, 0.717) is 30.1 Å². The minimum absolute atomic E-state index is 0.0458. The molecule has 0 atom stereocenters. The van der Waals surface area contributed by atoms with Gasteiger partial charge in [0.1, 0.15) is 0 Å². The summed E-state index contributed by atoms with van der Waals surface area (Å²) in [5, 5.41) is 7.74. The summed E-state index contributed by atoms with van der Waals surface area (Å²) in [7, 11) is 0. The highest BCUT2D eigenvalue weighted by atomic mass is 19.4. The summed E-state index contributed by atoms with van der Waals surface area (Å²) in [6.45, 7) is 5.13. The number of benzene rings is 1. The number of carbonyl (C=O) groups is 2. The smallest absolute Gasteiger partial charge is 0.339 e. The van der Waals surface area contributed by atoms with Gasteiger partial charge < -0.3 is 15.1 Å². The molecule has 0 unspecified atom stereocenters. The molecule has 222 valence electrons. The second-order valence-corrected chi connectivity index (χ2v) is 11.3. The maximum atomic E-state index is 13.0. The molecule has 1 saturated carbocycles. The topological polar surface area (TPSA) is 86.1 Å². The Morgan fingerprint density at radius 2 is 1.74 bits per heavy atom. The number of anilines is 2. The van der Waals surface area contributed by atoms with Crippen molar-refractivity contribution in [3.05, 3.63) is 59.8 Å². The van der Waals surface area contributed by atoms with Crippen molar-refractivity contribution in [2.45, 2.75) is 38.3 Å². The average Bonchev–Trinajstić information content (AvgIpc) is 3.71. The Hall–Kier alpha value is -3.93. The lowest BCUT2D eigenvalue weighted by atomic mass is 10.00. The number of nitrogens with one attached hydrogen (secondary N) is 1. The predicted octanol–water partition coefficient (Wildman–Crippen LogP) is 4.60. The number of piperazine rings is 1. The molecule has 1 aromatic carbocycles. The highest BCUT2D eigenvalue weighted by Crippen LogP contribution is 2.30. The summed E-state index contributed by atoms with van der Waals surface area (Å²) >= 11 is 0. The Bertz CT molecular complexity index is 1470. The number of hydrogen-bond acceptors (Lipinski definition) is 6. The van der Waals surface area contributed by atoms with Crippen LogP contribution in [0.25, 0.3) is 11.2 Å². The van der Waals surface area contributed by atoms with Crippen molar-refractivity contribution in [3.8, 4) is 0 Å². The zero-order valence-corrected chi connectivity index (χ0v) is 23.3. The number of pyridine rings is 1. The fourth-order valence-corrected chi connectivity index (χ4v) is 5.56. The molecule has 1 saturated heterocycles. The normalized spacial score (nSPS) is 18.3. The molecule has 1 N–H and O–H groups in total. The molecule has 42 heavy (non-hydrogen) atoms. The SMILES string of the molecule is O=C(CCC(F)(F)F)N1CC=C(c2cccn3nc(Nc4ccc(C(=O)N5CCN(CC6CC6)CC5)cc4)nc23)CC1. The van der Waals surface area contributed by atoms with Crippen LogP contribution in [-0.4, -0.2) is 93.1 Å². The quantitative estimate of drug-likeness (QED) is 0.419. The molecule has 4 heterocycles. The van der Waals surface area contributed by atoms with Gasteiger partial charge in [-0.05, 0) is 67.2 Å². The maximum Gasteiger partial charge on any atom is 0.389 e. The van der Waals surface area contributed by atoms with Crippen LogP contribution >= 0.6 is 0 Å². The van der Waals surface area contributed by atoms with E-state index in [1.165, 1.54) is 17.7 Å². The van der Waals surface area contributed by atoms with Crippen LogP contribution in [-0.2, 0) is 4.79 Å². The fraction of sp³-hybridized carbons (Fsp3) is 0.467. The average molecular weight is 582 g/mol. The van der Waals surface area contributed by atoms with Crippen LogP contribution < -0.4 is 5.32 Å². The molecule has 2 fully saturated rings. The molecule has 12 heteroatoms. The molecule has 0 spiro atoms. The van der Waals surface area contributed by atoms with E-state index in [4.69, 9.17) is 0 Å². The van der Waals surface area contributed by atoms with Gasteiger partial charge in [-0.2, -0.15) is 18.2 Å². The van der Waals surface area contributed by atoms with Crippen molar-refractivity contribution in [2.75, 3.05) is 51.1 Å². The van der Waals surface area contributed by atoms with Crippen LogP contribution in [0.15, 0.2) is 48.7 Å². The first-order valence-corrected chi connectivity index (χ1v) is 14.5. The predicted molar refractivity (Wildman–Crippen MR) is 152 cm³/mol. The molecule has 3 aliphatic rings. The number of alkyl halides is 3. The van der Waals surface area contributed by atoms with Crippen molar-refractivity contribution >= 4 is 34.7 Å². The Morgan fingerprint density at radius 1 is 0.976 bits per heavy atom. The van der Waals surface area contributed by atoms with Gasteiger partial charge >= 0.3 is 6.18 Å². The highest BCUT2D eigenvalue weighted by Gasteiger charge is 2.30. The highest BCUT2D eigenvalue weighted by molar-refractivity contribution is 5.94. The molecule has 6 rings (SSSR count). The molecule has 2 aromatic heterocycles. The van der Waals surface area contributed by atoms with E-state index in [2.05, 4.69) is 20.3 Å². The van der Waals surface area contributed by atoms with Gasteiger partial charge in [0.15, 0.2) is 5.65 Å². The number of aromatic nitrogens is 3. The van der Waals surface area contributed by atoms with Gasteiger partial charge in [-0.1, -0.05) is 6.08 Å². The maximum absolute atomic E-state index is 13.0. The van der Waals surface area contributed by atoms with Crippen molar-refractivity contribution in [2.24, 2.45) is 5.92 Å². The van der Waals surface area contributed by atoms with Gasteiger partial charge in [0.2, 0.25) is 11.9 Å². The van der Waals surface area contributed by atoms with E-state index >= 15 is 0 Å². The lowest BCUT2D eigenvalue weighted by molar-refractivity contribution is -0.148. The summed E-state index contributed by atoms with van der Waals surface area (Å²) < 4.78 is 39.2. The molecule has 0 bridgehead atoms. The number of halogens is 3. The number of fused-ring (bicyclic) bond motifs is 1. The van der Waals surface area contributed by atoms with Crippen molar-refractivity contribution < 1.29 is 22.8 Å². The Labute approximate surface area is 242 Å². The number of hydrogen-bond donors (Lipinski definition) is 1. The van der Waals surface area contributed by atoms with Crippen molar-refractivity contribution in [1.29, 1.82) is 0 Å². The minimum atomic E-state index is -4.34. The van der Waals surface area contributed by atoms with Crippen molar-refractivity contribution in [1.82, 2.24) is 29.3 Å². The standard InChI is InChI=1S/C30H34F3N7O2/c31-30(32,33)12-9-26(41)38-14-10-22(11-15-38)25-2-1-13-40-27(25)35-29(36-40)34-24-7-5-23(6-8-24)28(42)39-18-16-37(17-19-39)20-21-3-4-21/h1-2,5-8,10,13,21H,3-4,9,11-12,14-20H2,(H,34,36). The molecular formula is C30H34F3N7O2. The number of carbonyl (C=O) groups excluding carboxylic acids is 2. The van der Waals surface area contributed by atoms with E-state index in [9.17, 15) is 22.8 Å². The van der Waals surface area contributed by atoms with E-state index in [-0.39, 0.29) is 12.5 Å². The number of rotatable bonds is 8. The van der Waals surface area contributed by atoms with Crippen LogP contribution in [0.3, 0.4) is 0 Å². The van der Waals surface area contributed by atoms with E-state index in [1.54, 1.807) is 10.7 Å². The Balaban J connectivity index is 1.07. The first-order chi connectivity index (χ1) is 20.2. The van der Waals surface area contributed by atoms with Crippen molar-refractivity contribution in [3.63, 3.8) is 0 Å². The van der Waals surface area contributed by atoms with Gasteiger partial charge in [-0.15, -0.1) is 5.10 Å². The fourth-order valence-electron chi connectivity index (χ4n) is 5.56. The zero-order valence-electron chi connectivity index (χ0n) is 23.3. The second-order valence-electron chi connectivity index (χ2n) is 11.3. The Morgan fingerprint density at radius 3 is 2.40 bits per heavy atom. The molecule has 1 aliphatic carbocycles. The van der Waals surface area contributed by atoms with Gasteiger partial charge in [0.25, 0.3) is 5.91 Å². The third-order valence-corrected chi connectivity index (χ3v) is 8.15. The van der Waals surface area contributed by atoms with Gasteiger partial charge in [-0.25, -0.2) is 4.52 Å². The molecule has 3 aromatic rings. The molecule has 0 radical (unpaired) electrons. The van der Waals surface area contributed by atoms with Gasteiger partial charge in [-0.3, -0.25) is 14.5 Å². The Kier molecular flexibility index (Phi) is 7.89. The zero-order chi connectivity index (χ0) is 29.3. The van der Waals surface area contributed by atoms with Crippen LogP contribution in [0.4, 0.5) is 24.8 Å². The number of amides is 2. The van der Waals surface area contributed by atoms with Gasteiger partial charge in [0, 0.05) is 75.2 Å². The van der Waals surface area contributed by atoms with Crippen LogP contribution in [0.5, 0.6) is 0 Å². The largest absolute Gasteiger partial charge is 0.389 e. The molecule has 9 nitrogen and oxygen atoms in total. The third kappa shape index (κ3) is 6.75. The van der Waals surface area contributed by atoms with E-state index < -0.39 is 24.9 Å². The summed E-state index contributed by atoms with van der Waals surface area (Å²) in [6, 6.07) is 11.1. The summed E-state index contributed by atoms with van der Waals surface area (Å²) in [6.07, 6.45) is 0.867. The van der Waals surface area contributed by atoms with E-state index in [1.807, 2.05) is 47.4 Å². The van der Waals surface area contributed by atoms with Crippen LogP contribution in [0.1, 0.15) is 48.0 Å². The summed E-state index contributed by atoms with van der Waals surface area (Å²) in [5.41, 5.74) is 3.87. The monoisotopic (exact) mass is 581 g/mol. The number of nitrogens with zero attached hydrogens (tertiary/aromatic N) is 6.